The van der Waals surface area contributed by atoms with Crippen molar-refractivity contribution in [2.24, 2.45) is 0 Å². The Morgan fingerprint density at radius 1 is 1.40 bits per heavy atom. The van der Waals surface area contributed by atoms with Gasteiger partial charge in [0.15, 0.2) is 0 Å². The van der Waals surface area contributed by atoms with Crippen molar-refractivity contribution in [2.75, 3.05) is 38.7 Å². The zero-order valence-electron chi connectivity index (χ0n) is 15.1. The summed E-state index contributed by atoms with van der Waals surface area (Å²) >= 11 is 1.56. The van der Waals surface area contributed by atoms with Crippen molar-refractivity contribution in [3.8, 4) is 0 Å². The predicted octanol–water partition coefficient (Wildman–Crippen LogP) is 2.99. The van der Waals surface area contributed by atoms with Crippen molar-refractivity contribution in [1.82, 2.24) is 9.88 Å². The molecule has 0 aromatic carbocycles. The second kappa shape index (κ2) is 7.97. The number of morpholine rings is 1. The van der Waals surface area contributed by atoms with E-state index >= 15 is 0 Å². The molecule has 0 spiro atoms. The van der Waals surface area contributed by atoms with Crippen LogP contribution in [-0.2, 0) is 11.2 Å². The summed E-state index contributed by atoms with van der Waals surface area (Å²) in [6, 6.07) is 8.08. The molecule has 25 heavy (non-hydrogen) atoms. The maximum absolute atomic E-state index is 12.6. The second-order valence-electron chi connectivity index (χ2n) is 6.61. The summed E-state index contributed by atoms with van der Waals surface area (Å²) in [7, 11) is 3.98. The van der Waals surface area contributed by atoms with Crippen LogP contribution in [0.1, 0.15) is 26.5 Å². The van der Waals surface area contributed by atoms with Crippen LogP contribution in [0.25, 0.3) is 0 Å². The topological polar surface area (TPSA) is 45.7 Å². The second-order valence-corrected chi connectivity index (χ2v) is 7.90. The van der Waals surface area contributed by atoms with Gasteiger partial charge in [-0.3, -0.25) is 4.79 Å². The number of amides is 1. The first-order valence-electron chi connectivity index (χ1n) is 8.62. The number of nitrogens with zero attached hydrogens (tertiary/aromatic N) is 3. The molecule has 6 heteroatoms. The molecule has 1 amide bonds. The molecular weight excluding hydrogens is 334 g/mol. The van der Waals surface area contributed by atoms with Crippen molar-refractivity contribution >= 4 is 23.1 Å². The van der Waals surface area contributed by atoms with Gasteiger partial charge in [-0.25, -0.2) is 4.98 Å². The Morgan fingerprint density at radius 2 is 2.24 bits per heavy atom. The number of carbonyl (C=O) groups excluding carboxylic acids is 1. The molecule has 134 valence electrons. The van der Waals surface area contributed by atoms with E-state index in [1.54, 1.807) is 11.3 Å². The Balaban J connectivity index is 1.57. The maximum atomic E-state index is 12.6. The van der Waals surface area contributed by atoms with E-state index in [1.807, 2.05) is 55.2 Å². The van der Waals surface area contributed by atoms with Crippen LogP contribution < -0.4 is 4.90 Å². The summed E-state index contributed by atoms with van der Waals surface area (Å²) in [6.45, 7) is 3.98. The van der Waals surface area contributed by atoms with E-state index < -0.39 is 0 Å². The predicted molar refractivity (Wildman–Crippen MR) is 102 cm³/mol. The lowest BCUT2D eigenvalue weighted by Gasteiger charge is -2.32. The quantitative estimate of drug-likeness (QED) is 0.823. The first-order valence-corrected chi connectivity index (χ1v) is 9.44. The minimum Gasteiger partial charge on any atom is -0.375 e. The molecule has 5 nitrogen and oxygen atoms in total. The van der Waals surface area contributed by atoms with Crippen LogP contribution in [0.2, 0.25) is 0 Å². The number of thiophene rings is 1. The molecule has 0 radical (unpaired) electrons. The lowest BCUT2D eigenvalue weighted by atomic mass is 10.1. The number of aromatic nitrogens is 1. The van der Waals surface area contributed by atoms with Gasteiger partial charge in [0.2, 0.25) is 0 Å². The van der Waals surface area contributed by atoms with Gasteiger partial charge in [0, 0.05) is 38.3 Å². The van der Waals surface area contributed by atoms with E-state index in [0.29, 0.717) is 19.7 Å². The highest BCUT2D eigenvalue weighted by Crippen LogP contribution is 2.20. The highest BCUT2D eigenvalue weighted by molar-refractivity contribution is 7.13. The molecular formula is C19H25N3O2S. The smallest absolute Gasteiger partial charge is 0.264 e. The molecule has 3 heterocycles. The van der Waals surface area contributed by atoms with Crippen LogP contribution >= 0.6 is 11.3 Å². The van der Waals surface area contributed by atoms with Crippen LogP contribution in [0.15, 0.2) is 30.5 Å². The SMILES string of the molecule is Cc1ccc(C(=O)N2CCOC(CCc3ccnc(N(C)C)c3)C2)s1. The molecule has 1 unspecified atom stereocenters. The zero-order valence-corrected chi connectivity index (χ0v) is 15.9. The van der Waals surface area contributed by atoms with E-state index in [2.05, 4.69) is 11.1 Å². The van der Waals surface area contributed by atoms with Crippen LogP contribution in [-0.4, -0.2) is 55.7 Å². The Hall–Kier alpha value is -1.92. The van der Waals surface area contributed by atoms with E-state index in [-0.39, 0.29) is 12.0 Å². The molecule has 1 saturated heterocycles. The first kappa shape index (κ1) is 17.9. The summed E-state index contributed by atoms with van der Waals surface area (Å²) in [6.07, 6.45) is 3.77. The van der Waals surface area contributed by atoms with Gasteiger partial charge in [0.1, 0.15) is 5.82 Å². The Labute approximate surface area is 153 Å². The van der Waals surface area contributed by atoms with Crippen molar-refractivity contribution in [3.05, 3.63) is 45.8 Å². The van der Waals surface area contributed by atoms with E-state index in [1.165, 1.54) is 10.4 Å². The van der Waals surface area contributed by atoms with Gasteiger partial charge in [-0.1, -0.05) is 0 Å². The van der Waals surface area contributed by atoms with Crippen LogP contribution in [0.4, 0.5) is 5.82 Å². The zero-order chi connectivity index (χ0) is 17.8. The lowest BCUT2D eigenvalue weighted by molar-refractivity contribution is -0.0244. The van der Waals surface area contributed by atoms with Gasteiger partial charge in [-0.05, 0) is 49.6 Å². The van der Waals surface area contributed by atoms with E-state index in [0.717, 1.165) is 23.5 Å². The first-order chi connectivity index (χ1) is 12.0. The summed E-state index contributed by atoms with van der Waals surface area (Å²) in [4.78, 5) is 22.9. The maximum Gasteiger partial charge on any atom is 0.264 e. The molecule has 2 aromatic rings. The minimum atomic E-state index is 0.0923. The van der Waals surface area contributed by atoms with Gasteiger partial charge in [-0.15, -0.1) is 11.3 Å². The van der Waals surface area contributed by atoms with Gasteiger partial charge in [0.25, 0.3) is 5.91 Å². The Morgan fingerprint density at radius 3 is 2.96 bits per heavy atom. The van der Waals surface area contributed by atoms with Gasteiger partial charge in [-0.2, -0.15) is 0 Å². The van der Waals surface area contributed by atoms with Gasteiger partial charge < -0.3 is 14.5 Å². The summed E-state index contributed by atoms with van der Waals surface area (Å²) < 4.78 is 5.88. The Bertz CT molecular complexity index is 729. The number of anilines is 1. The number of aryl methyl sites for hydroxylation is 2. The summed E-state index contributed by atoms with van der Waals surface area (Å²) in [5.74, 6) is 1.09. The van der Waals surface area contributed by atoms with Crippen LogP contribution in [0.3, 0.4) is 0 Å². The van der Waals surface area contributed by atoms with E-state index in [9.17, 15) is 4.79 Å². The number of hydrogen-bond acceptors (Lipinski definition) is 5. The molecule has 0 saturated carbocycles. The van der Waals surface area contributed by atoms with Crippen molar-refractivity contribution in [1.29, 1.82) is 0 Å². The fourth-order valence-electron chi connectivity index (χ4n) is 2.97. The van der Waals surface area contributed by atoms with Crippen molar-refractivity contribution < 1.29 is 9.53 Å². The highest BCUT2D eigenvalue weighted by Gasteiger charge is 2.25. The Kier molecular flexibility index (Phi) is 5.71. The number of pyridine rings is 1. The number of carbonyl (C=O) groups is 1. The highest BCUT2D eigenvalue weighted by atomic mass is 32.1. The standard InChI is InChI=1S/C19H25N3O2S/c1-14-4-7-17(25-14)19(23)22-10-11-24-16(13-22)6-5-15-8-9-20-18(12-15)21(2)3/h4,7-9,12,16H,5-6,10-11,13H2,1-3H3. The average molecular weight is 359 g/mol. The van der Waals surface area contributed by atoms with Gasteiger partial charge in [0.05, 0.1) is 17.6 Å². The molecule has 1 atom stereocenters. The number of rotatable bonds is 5. The molecule has 2 aromatic heterocycles. The molecule has 1 aliphatic rings. The molecule has 3 rings (SSSR count). The molecule has 0 bridgehead atoms. The van der Waals surface area contributed by atoms with Crippen molar-refractivity contribution in [3.63, 3.8) is 0 Å². The van der Waals surface area contributed by atoms with Gasteiger partial charge >= 0.3 is 0 Å². The monoisotopic (exact) mass is 359 g/mol. The third-order valence-electron chi connectivity index (χ3n) is 4.40. The molecule has 0 N–H and O–H groups in total. The number of ether oxygens (including phenoxy) is 1. The van der Waals surface area contributed by atoms with Crippen LogP contribution in [0.5, 0.6) is 0 Å². The molecule has 1 aliphatic heterocycles. The third kappa shape index (κ3) is 4.58. The lowest BCUT2D eigenvalue weighted by Crippen LogP contribution is -2.45. The third-order valence-corrected chi connectivity index (χ3v) is 5.39. The molecule has 1 fully saturated rings. The largest absolute Gasteiger partial charge is 0.375 e. The number of hydrogen-bond donors (Lipinski definition) is 0. The van der Waals surface area contributed by atoms with E-state index in [4.69, 9.17) is 4.74 Å². The molecule has 0 aliphatic carbocycles. The summed E-state index contributed by atoms with van der Waals surface area (Å²) in [5, 5.41) is 0. The van der Waals surface area contributed by atoms with Crippen LogP contribution in [0, 0.1) is 6.92 Å². The van der Waals surface area contributed by atoms with Crippen molar-refractivity contribution in [2.45, 2.75) is 25.9 Å². The average Bonchev–Trinajstić information content (AvgIpc) is 3.06. The summed E-state index contributed by atoms with van der Waals surface area (Å²) in [5.41, 5.74) is 1.25. The fourth-order valence-corrected chi connectivity index (χ4v) is 3.81. The minimum absolute atomic E-state index is 0.0923. The fraction of sp³-hybridized carbons (Fsp3) is 0.474. The normalized spacial score (nSPS) is 17.6.